The van der Waals surface area contributed by atoms with Crippen molar-refractivity contribution in [1.82, 2.24) is 0 Å². The highest BCUT2D eigenvalue weighted by Crippen LogP contribution is 2.45. The molecule has 0 N–H and O–H groups in total. The SMILES string of the molecule is C/C=C\C(=C(/CC)C(C)(C)C)c1cc2cc3sc(C=C4C(=O)c5cc6c(cc5C4=O)C(=O)C(=Cc4cc5cc7sc(-c8ccccc8C(C)(C)C)cc7cc5s4)C6=O)cc3cc2s1. The van der Waals surface area contributed by atoms with Crippen molar-refractivity contribution in [2.24, 2.45) is 5.41 Å². The Labute approximate surface area is 382 Å². The average molecular weight is 897 g/mol. The molecule has 8 heteroatoms. The second-order valence-corrected chi connectivity index (χ2v) is 22.9. The minimum Gasteiger partial charge on any atom is -0.288 e. The molecule has 4 aromatic carbocycles. The van der Waals surface area contributed by atoms with Gasteiger partial charge in [0.1, 0.15) is 0 Å². The van der Waals surface area contributed by atoms with Crippen molar-refractivity contribution in [1.29, 1.82) is 0 Å². The largest absolute Gasteiger partial charge is 0.288 e. The molecule has 312 valence electrons. The van der Waals surface area contributed by atoms with Crippen LogP contribution in [0.25, 0.3) is 68.5 Å². The highest BCUT2D eigenvalue weighted by Gasteiger charge is 2.40. The van der Waals surface area contributed by atoms with Crippen molar-refractivity contribution in [3.05, 3.63) is 156 Å². The van der Waals surface area contributed by atoms with Crippen LogP contribution < -0.4 is 0 Å². The van der Waals surface area contributed by atoms with Crippen LogP contribution in [0.15, 0.2) is 114 Å². The van der Waals surface area contributed by atoms with Crippen LogP contribution in [-0.2, 0) is 5.41 Å². The van der Waals surface area contributed by atoms with E-state index in [4.69, 9.17) is 0 Å². The molecule has 4 aromatic heterocycles. The maximum absolute atomic E-state index is 13.9. The molecular formula is C55H44O4S4. The molecule has 0 unspecified atom stereocenters. The van der Waals surface area contributed by atoms with E-state index in [1.807, 2.05) is 12.1 Å². The van der Waals surface area contributed by atoms with Crippen molar-refractivity contribution in [3.63, 3.8) is 0 Å². The maximum atomic E-state index is 13.9. The van der Waals surface area contributed by atoms with E-state index in [0.717, 1.165) is 47.1 Å². The number of hydrogen-bond acceptors (Lipinski definition) is 8. The Bertz CT molecular complexity index is 3320. The van der Waals surface area contributed by atoms with Crippen molar-refractivity contribution < 1.29 is 19.2 Å². The van der Waals surface area contributed by atoms with Crippen LogP contribution in [0, 0.1) is 5.41 Å². The molecule has 0 spiro atoms. The first-order valence-electron chi connectivity index (χ1n) is 21.2. The van der Waals surface area contributed by atoms with Gasteiger partial charge in [0.15, 0.2) is 23.1 Å². The zero-order chi connectivity index (χ0) is 44.3. The first kappa shape index (κ1) is 41.4. The number of carbonyl (C=O) groups is 4. The molecule has 0 aliphatic heterocycles. The van der Waals surface area contributed by atoms with E-state index in [9.17, 15) is 19.2 Å². The fourth-order valence-electron chi connectivity index (χ4n) is 9.25. The van der Waals surface area contributed by atoms with E-state index in [1.54, 1.807) is 34.8 Å². The number of Topliss-reactive ketones (excluding diaryl/α,β-unsaturated/α-hetero) is 4. The van der Waals surface area contributed by atoms with Gasteiger partial charge in [-0.15, -0.1) is 45.3 Å². The highest BCUT2D eigenvalue weighted by atomic mass is 32.1. The van der Waals surface area contributed by atoms with Crippen molar-refractivity contribution in [3.8, 4) is 10.4 Å². The summed E-state index contributed by atoms with van der Waals surface area (Å²) in [6.07, 6.45) is 8.63. The monoisotopic (exact) mass is 896 g/mol. The fraction of sp³-hybridized carbons (Fsp3) is 0.200. The molecular weight excluding hydrogens is 853 g/mol. The molecule has 2 aliphatic rings. The van der Waals surface area contributed by atoms with Crippen LogP contribution in [0.5, 0.6) is 0 Å². The summed E-state index contributed by atoms with van der Waals surface area (Å²) in [5.41, 5.74) is 6.09. The summed E-state index contributed by atoms with van der Waals surface area (Å²) in [6, 6.07) is 28.8. The zero-order valence-electron chi connectivity index (χ0n) is 36.4. The molecule has 2 aliphatic carbocycles. The number of benzene rings is 4. The topological polar surface area (TPSA) is 68.3 Å². The third-order valence-corrected chi connectivity index (χ3v) is 16.6. The van der Waals surface area contributed by atoms with Crippen LogP contribution in [0.1, 0.15) is 123 Å². The van der Waals surface area contributed by atoms with Crippen LogP contribution in [0.2, 0.25) is 0 Å². The fourth-order valence-corrected chi connectivity index (χ4v) is 13.6. The molecule has 0 amide bonds. The Morgan fingerprint density at radius 3 is 1.48 bits per heavy atom. The van der Waals surface area contributed by atoms with Gasteiger partial charge in [-0.3, -0.25) is 19.2 Å². The summed E-state index contributed by atoms with van der Waals surface area (Å²) in [5, 5.41) is 4.40. The van der Waals surface area contributed by atoms with Gasteiger partial charge in [-0.2, -0.15) is 0 Å². The third-order valence-electron chi connectivity index (χ3n) is 12.2. The number of ketones is 4. The van der Waals surface area contributed by atoms with Crippen LogP contribution in [0.3, 0.4) is 0 Å². The van der Waals surface area contributed by atoms with E-state index in [0.29, 0.717) is 0 Å². The van der Waals surface area contributed by atoms with Gasteiger partial charge in [-0.1, -0.05) is 90.5 Å². The first-order valence-corrected chi connectivity index (χ1v) is 24.5. The minimum absolute atomic E-state index is 0.0143. The highest BCUT2D eigenvalue weighted by molar-refractivity contribution is 7.23. The number of rotatable bonds is 6. The Balaban J connectivity index is 0.917. The van der Waals surface area contributed by atoms with Gasteiger partial charge < -0.3 is 0 Å². The summed E-state index contributed by atoms with van der Waals surface area (Å²) in [4.78, 5) is 59.6. The summed E-state index contributed by atoms with van der Waals surface area (Å²) >= 11 is 6.61. The molecule has 8 aromatic rings. The molecule has 0 fully saturated rings. The van der Waals surface area contributed by atoms with Crippen molar-refractivity contribution >= 4 is 127 Å². The molecule has 4 nitrogen and oxygen atoms in total. The van der Waals surface area contributed by atoms with Gasteiger partial charge in [0, 0.05) is 60.6 Å². The first-order chi connectivity index (χ1) is 30.0. The second-order valence-electron chi connectivity index (χ2n) is 18.5. The third kappa shape index (κ3) is 6.99. The maximum Gasteiger partial charge on any atom is 0.197 e. The van der Waals surface area contributed by atoms with E-state index in [-0.39, 0.29) is 44.2 Å². The van der Waals surface area contributed by atoms with Gasteiger partial charge >= 0.3 is 0 Å². The average Bonchev–Trinajstić information content (AvgIpc) is 4.08. The molecule has 0 bridgehead atoms. The summed E-state index contributed by atoms with van der Waals surface area (Å²) in [5.74, 6) is -1.72. The quantitative estimate of drug-likeness (QED) is 0.0947. The number of allylic oxidation sites excluding steroid dienone is 6. The smallest absolute Gasteiger partial charge is 0.197 e. The Morgan fingerprint density at radius 2 is 1.00 bits per heavy atom. The standard InChI is InChI=1S/C55H44O4S4/c1-9-13-34(42(10-2)54(3,4)5)48-22-30-20-44-28(18-46(30)62-48)16-32(60-44)24-40-50(56)36-26-38-39(27-37(36)51(40)57)53(59)41(52(38)58)25-33-17-29-19-47-31(21-45(29)61-33)23-49(63-47)35-14-11-12-15-43(35)55(6,7)8/h9,11-27H,10H2,1-8H3/b13-9-,40-24?,41-25?,42-34-. The molecule has 0 saturated heterocycles. The molecule has 0 radical (unpaired) electrons. The van der Waals surface area contributed by atoms with Gasteiger partial charge in [0.05, 0.1) is 11.1 Å². The Hall–Kier alpha value is -5.64. The van der Waals surface area contributed by atoms with E-state index in [1.165, 1.54) is 76.2 Å². The number of fused-ring (bicyclic) bond motifs is 6. The van der Waals surface area contributed by atoms with Crippen LogP contribution >= 0.6 is 45.3 Å². The minimum atomic E-state index is -0.429. The number of hydrogen-bond donors (Lipinski definition) is 0. The van der Waals surface area contributed by atoms with Gasteiger partial charge in [-0.05, 0) is 135 Å². The van der Waals surface area contributed by atoms with Crippen LogP contribution in [0.4, 0.5) is 0 Å². The molecule has 63 heavy (non-hydrogen) atoms. The predicted octanol–water partition coefficient (Wildman–Crippen LogP) is 16.2. The molecule has 4 heterocycles. The van der Waals surface area contributed by atoms with Gasteiger partial charge in [0.2, 0.25) is 0 Å². The van der Waals surface area contributed by atoms with E-state index in [2.05, 4.69) is 128 Å². The Morgan fingerprint density at radius 1 is 0.540 bits per heavy atom. The van der Waals surface area contributed by atoms with Crippen molar-refractivity contribution in [2.75, 3.05) is 0 Å². The summed E-state index contributed by atoms with van der Waals surface area (Å²) < 4.78 is 4.48. The van der Waals surface area contributed by atoms with Crippen molar-refractivity contribution in [2.45, 2.75) is 67.2 Å². The lowest BCUT2D eigenvalue weighted by Crippen LogP contribution is -2.12. The predicted molar refractivity (Wildman–Crippen MR) is 270 cm³/mol. The number of carbonyl (C=O) groups excluding carboxylic acids is 4. The normalized spacial score (nSPS) is 15.0. The lowest BCUT2D eigenvalue weighted by atomic mass is 9.81. The van der Waals surface area contributed by atoms with Crippen LogP contribution in [-0.4, -0.2) is 23.1 Å². The Kier molecular flexibility index (Phi) is 9.84. The lowest BCUT2D eigenvalue weighted by Gasteiger charge is -2.25. The zero-order valence-corrected chi connectivity index (χ0v) is 39.6. The summed E-state index contributed by atoms with van der Waals surface area (Å²) in [6.45, 7) is 17.8. The second kappa shape index (κ2) is 15.0. The van der Waals surface area contributed by atoms with E-state index < -0.39 is 23.1 Å². The van der Waals surface area contributed by atoms with E-state index >= 15 is 0 Å². The summed E-state index contributed by atoms with van der Waals surface area (Å²) in [7, 11) is 0. The molecule has 0 atom stereocenters. The lowest BCUT2D eigenvalue weighted by molar-refractivity contribution is 0.0978. The molecule has 10 rings (SSSR count). The number of thiophene rings is 4. The van der Waals surface area contributed by atoms with Gasteiger partial charge in [-0.25, -0.2) is 0 Å². The van der Waals surface area contributed by atoms with Gasteiger partial charge in [0.25, 0.3) is 0 Å². The molecule has 0 saturated carbocycles.